The number of ether oxygens (including phenoxy) is 1. The molecule has 27 heavy (non-hydrogen) atoms. The molecule has 0 aromatic heterocycles. The molecule has 0 saturated carbocycles. The summed E-state index contributed by atoms with van der Waals surface area (Å²) in [6, 6.07) is 3.72. The molecule has 1 aliphatic heterocycles. The molecule has 8 nitrogen and oxygen atoms in total. The summed E-state index contributed by atoms with van der Waals surface area (Å²) in [4.78, 5) is 30.5. The zero-order valence-electron chi connectivity index (χ0n) is 15.5. The largest absolute Gasteiger partial charge is 0.452 e. The van der Waals surface area contributed by atoms with Gasteiger partial charge in [0.2, 0.25) is 0 Å². The van der Waals surface area contributed by atoms with Gasteiger partial charge in [-0.2, -0.15) is 0 Å². The maximum Gasteiger partial charge on any atom is 0.338 e. The lowest BCUT2D eigenvalue weighted by molar-refractivity contribution is -0.136. The summed E-state index contributed by atoms with van der Waals surface area (Å²) in [7, 11) is -1.64. The lowest BCUT2D eigenvalue weighted by Gasteiger charge is -2.30. The van der Waals surface area contributed by atoms with Crippen LogP contribution in [0.3, 0.4) is 0 Å². The van der Waals surface area contributed by atoms with Crippen molar-refractivity contribution in [3.8, 4) is 0 Å². The molecule has 1 heterocycles. The molecule has 1 saturated heterocycles. The Bertz CT molecular complexity index is 814. The van der Waals surface area contributed by atoms with Gasteiger partial charge < -0.3 is 9.64 Å². The third-order valence-electron chi connectivity index (χ3n) is 4.38. The molecule has 1 unspecified atom stereocenters. The number of sulfonamides is 1. The minimum Gasteiger partial charge on any atom is -0.452 e. The van der Waals surface area contributed by atoms with Gasteiger partial charge in [-0.1, -0.05) is 23.0 Å². The zero-order chi connectivity index (χ0) is 20.2. The van der Waals surface area contributed by atoms with Gasteiger partial charge in [-0.05, 0) is 37.0 Å². The molecule has 0 aliphatic carbocycles. The standard InChI is InChI=1S/C17H23ClN2O6S/c1-12-5-4-8-20(10-12)16(21)11-26-17(22)13-6-7-14(18)15(9-13)27(23,24)19(2)25-3/h6-7,9,12H,4-5,8,10-11H2,1-3H3. The van der Waals surface area contributed by atoms with E-state index in [1.165, 1.54) is 26.3 Å². The fourth-order valence-corrected chi connectivity index (χ4v) is 4.26. The number of rotatable bonds is 6. The molecular formula is C17H23ClN2O6S. The Morgan fingerprint density at radius 2 is 2.07 bits per heavy atom. The van der Waals surface area contributed by atoms with E-state index in [0.717, 1.165) is 18.9 Å². The van der Waals surface area contributed by atoms with Gasteiger partial charge in [-0.3, -0.25) is 9.63 Å². The maximum absolute atomic E-state index is 12.4. The zero-order valence-corrected chi connectivity index (χ0v) is 17.0. The van der Waals surface area contributed by atoms with Gasteiger partial charge in [-0.15, -0.1) is 0 Å². The second-order valence-electron chi connectivity index (χ2n) is 6.41. The van der Waals surface area contributed by atoms with Crippen molar-refractivity contribution in [2.24, 2.45) is 5.92 Å². The predicted molar refractivity (Wildman–Crippen MR) is 98.7 cm³/mol. The van der Waals surface area contributed by atoms with Crippen LogP contribution in [0.4, 0.5) is 0 Å². The van der Waals surface area contributed by atoms with E-state index in [-0.39, 0.29) is 21.4 Å². The summed E-state index contributed by atoms with van der Waals surface area (Å²) in [5.41, 5.74) is -0.0257. The number of hydrogen-bond acceptors (Lipinski definition) is 6. The van der Waals surface area contributed by atoms with E-state index in [1.54, 1.807) is 4.90 Å². The van der Waals surface area contributed by atoms with E-state index < -0.39 is 22.6 Å². The fourth-order valence-electron chi connectivity index (χ4n) is 2.78. The number of piperidine rings is 1. The van der Waals surface area contributed by atoms with Crippen LogP contribution in [0.2, 0.25) is 5.02 Å². The van der Waals surface area contributed by atoms with Gasteiger partial charge in [0.05, 0.1) is 17.7 Å². The summed E-state index contributed by atoms with van der Waals surface area (Å²) in [5.74, 6) is -0.655. The summed E-state index contributed by atoms with van der Waals surface area (Å²) < 4.78 is 30.4. The normalized spacial score (nSPS) is 17.8. The second-order valence-corrected chi connectivity index (χ2v) is 8.72. The third kappa shape index (κ3) is 5.19. The smallest absolute Gasteiger partial charge is 0.338 e. The number of esters is 1. The van der Waals surface area contributed by atoms with Gasteiger partial charge in [0, 0.05) is 20.1 Å². The molecule has 0 radical (unpaired) electrons. The predicted octanol–water partition coefficient (Wildman–Crippen LogP) is 1.94. The van der Waals surface area contributed by atoms with Crippen molar-refractivity contribution in [2.75, 3.05) is 33.9 Å². The van der Waals surface area contributed by atoms with Crippen LogP contribution in [0.25, 0.3) is 0 Å². The molecule has 150 valence electrons. The monoisotopic (exact) mass is 418 g/mol. The van der Waals surface area contributed by atoms with Crippen LogP contribution in [0.1, 0.15) is 30.1 Å². The van der Waals surface area contributed by atoms with Crippen LogP contribution in [-0.4, -0.2) is 63.5 Å². The van der Waals surface area contributed by atoms with Gasteiger partial charge in [0.1, 0.15) is 4.90 Å². The molecule has 0 N–H and O–H groups in total. The number of nitrogens with zero attached hydrogens (tertiary/aromatic N) is 2. The van der Waals surface area contributed by atoms with Gasteiger partial charge in [0.25, 0.3) is 15.9 Å². The van der Waals surface area contributed by atoms with Crippen LogP contribution in [0, 0.1) is 5.92 Å². The number of carbonyl (C=O) groups excluding carboxylic acids is 2. The van der Waals surface area contributed by atoms with Crippen LogP contribution < -0.4 is 0 Å². The lowest BCUT2D eigenvalue weighted by Crippen LogP contribution is -2.41. The molecule has 1 fully saturated rings. The van der Waals surface area contributed by atoms with E-state index in [9.17, 15) is 18.0 Å². The molecular weight excluding hydrogens is 396 g/mol. The Balaban J connectivity index is 2.09. The number of likely N-dealkylation sites (tertiary alicyclic amines) is 1. The van der Waals surface area contributed by atoms with Gasteiger partial charge >= 0.3 is 5.97 Å². The second kappa shape index (κ2) is 9.01. The Labute approximate surface area is 164 Å². The maximum atomic E-state index is 12.4. The third-order valence-corrected chi connectivity index (χ3v) is 6.54. The van der Waals surface area contributed by atoms with Crippen molar-refractivity contribution in [3.05, 3.63) is 28.8 Å². The molecule has 1 amide bonds. The highest BCUT2D eigenvalue weighted by Crippen LogP contribution is 2.25. The Hall–Kier alpha value is -1.68. The summed E-state index contributed by atoms with van der Waals surface area (Å²) in [6.07, 6.45) is 1.99. The number of halogens is 1. The highest BCUT2D eigenvalue weighted by molar-refractivity contribution is 7.89. The number of benzene rings is 1. The fraction of sp³-hybridized carbons (Fsp3) is 0.529. The average molecular weight is 419 g/mol. The summed E-state index contributed by atoms with van der Waals surface area (Å²) >= 11 is 5.95. The number of carbonyl (C=O) groups is 2. The van der Waals surface area contributed by atoms with Crippen molar-refractivity contribution in [3.63, 3.8) is 0 Å². The highest BCUT2D eigenvalue weighted by Gasteiger charge is 2.26. The van der Waals surface area contributed by atoms with Crippen molar-refractivity contribution >= 4 is 33.5 Å². The SMILES string of the molecule is CON(C)S(=O)(=O)c1cc(C(=O)OCC(=O)N2CCCC(C)C2)ccc1Cl. The van der Waals surface area contributed by atoms with E-state index in [2.05, 4.69) is 6.92 Å². The molecule has 10 heteroatoms. The average Bonchev–Trinajstić information content (AvgIpc) is 2.65. The topological polar surface area (TPSA) is 93.2 Å². The van der Waals surface area contributed by atoms with Crippen molar-refractivity contribution in [2.45, 2.75) is 24.7 Å². The summed E-state index contributed by atoms with van der Waals surface area (Å²) in [5, 5.41) is -0.0613. The molecule has 1 aromatic carbocycles. The molecule has 1 aliphatic rings. The Morgan fingerprint density at radius 3 is 2.70 bits per heavy atom. The van der Waals surface area contributed by atoms with Crippen LogP contribution in [0.5, 0.6) is 0 Å². The van der Waals surface area contributed by atoms with Gasteiger partial charge in [0.15, 0.2) is 6.61 Å². The van der Waals surface area contributed by atoms with E-state index >= 15 is 0 Å². The highest BCUT2D eigenvalue weighted by atomic mass is 35.5. The van der Waals surface area contributed by atoms with Crippen LogP contribution in [-0.2, 0) is 24.4 Å². The first-order chi connectivity index (χ1) is 12.7. The minimum absolute atomic E-state index is 0.0257. The van der Waals surface area contributed by atoms with Crippen molar-refractivity contribution < 1.29 is 27.6 Å². The lowest BCUT2D eigenvalue weighted by atomic mass is 10.0. The Morgan fingerprint density at radius 1 is 1.37 bits per heavy atom. The number of hydrogen-bond donors (Lipinski definition) is 0. The van der Waals surface area contributed by atoms with E-state index in [1.807, 2.05) is 0 Å². The van der Waals surface area contributed by atoms with E-state index in [0.29, 0.717) is 23.5 Å². The van der Waals surface area contributed by atoms with Crippen LogP contribution >= 0.6 is 11.6 Å². The molecule has 1 aromatic rings. The minimum atomic E-state index is -4.03. The summed E-state index contributed by atoms with van der Waals surface area (Å²) in [6.45, 7) is 2.96. The Kier molecular flexibility index (Phi) is 7.21. The first-order valence-corrected chi connectivity index (χ1v) is 10.3. The number of amides is 1. The van der Waals surface area contributed by atoms with Crippen LogP contribution in [0.15, 0.2) is 23.1 Å². The first kappa shape index (κ1) is 21.6. The molecule has 1 atom stereocenters. The number of hydroxylamine groups is 1. The van der Waals surface area contributed by atoms with Crippen molar-refractivity contribution in [1.82, 2.24) is 9.37 Å². The first-order valence-electron chi connectivity index (χ1n) is 8.44. The van der Waals surface area contributed by atoms with Crippen molar-refractivity contribution in [1.29, 1.82) is 0 Å². The van der Waals surface area contributed by atoms with Gasteiger partial charge in [-0.25, -0.2) is 13.2 Å². The quantitative estimate of drug-likeness (QED) is 0.517. The molecule has 0 bridgehead atoms. The molecule has 0 spiro atoms. The molecule has 2 rings (SSSR count). The van der Waals surface area contributed by atoms with E-state index in [4.69, 9.17) is 21.2 Å².